The normalized spacial score (nSPS) is 12.9. The van der Waals surface area contributed by atoms with Gasteiger partial charge in [0.25, 0.3) is 0 Å². The lowest BCUT2D eigenvalue weighted by Gasteiger charge is -2.17. The molecule has 0 spiro atoms. The van der Waals surface area contributed by atoms with Gasteiger partial charge in [-0.05, 0) is 18.2 Å². The molecule has 0 radical (unpaired) electrons. The number of carbonyl (C=O) groups is 1. The molecule has 0 aliphatic heterocycles. The van der Waals surface area contributed by atoms with Gasteiger partial charge in [-0.1, -0.05) is 0 Å². The Hall–Kier alpha value is -1.80. The molecule has 0 fully saturated rings. The maximum atomic E-state index is 12.9. The topological polar surface area (TPSA) is 81.6 Å². The maximum Gasteiger partial charge on any atom is 0.418 e. The summed E-state index contributed by atoms with van der Waals surface area (Å²) in [5.41, 5.74) is -1.17. The van der Waals surface area contributed by atoms with Crippen LogP contribution in [0.25, 0.3) is 0 Å². The Morgan fingerprint density at radius 3 is 2.55 bits per heavy atom. The van der Waals surface area contributed by atoms with E-state index < -0.39 is 30.4 Å². The van der Waals surface area contributed by atoms with Crippen molar-refractivity contribution in [1.82, 2.24) is 0 Å². The first-order valence-corrected chi connectivity index (χ1v) is 5.75. The Labute approximate surface area is 113 Å². The molecule has 1 atom stereocenters. The average Bonchev–Trinajstić information content (AvgIpc) is 2.34. The summed E-state index contributed by atoms with van der Waals surface area (Å²) in [7, 11) is 0. The quantitative estimate of drug-likeness (QED) is 0.662. The summed E-state index contributed by atoms with van der Waals surface area (Å²) in [6.45, 7) is 0.411. The Morgan fingerprint density at radius 2 is 2.05 bits per heavy atom. The molecule has 0 heterocycles. The highest BCUT2D eigenvalue weighted by Crippen LogP contribution is 2.36. The maximum absolute atomic E-state index is 12.9. The smallest absolute Gasteiger partial charge is 0.394 e. The van der Waals surface area contributed by atoms with Crippen LogP contribution in [0.3, 0.4) is 0 Å². The highest BCUT2D eigenvalue weighted by atomic mass is 19.4. The molecule has 1 rings (SSSR count). The Balaban J connectivity index is 3.01. The van der Waals surface area contributed by atoms with Gasteiger partial charge < -0.3 is 20.8 Å². The van der Waals surface area contributed by atoms with Crippen LogP contribution in [0.15, 0.2) is 18.2 Å². The van der Waals surface area contributed by atoms with Gasteiger partial charge in [0.15, 0.2) is 0 Å². The second-order valence-electron chi connectivity index (χ2n) is 4.16. The fraction of sp³-hybridized carbons (Fsp3) is 0.417. The van der Waals surface area contributed by atoms with E-state index in [0.717, 1.165) is 12.1 Å². The molecule has 1 amide bonds. The molecule has 0 saturated heterocycles. The van der Waals surface area contributed by atoms with Gasteiger partial charge >= 0.3 is 6.18 Å². The third-order valence-corrected chi connectivity index (χ3v) is 2.38. The minimum absolute atomic E-state index is 0.0260. The molecule has 0 aliphatic rings. The third-order valence-electron chi connectivity index (χ3n) is 2.38. The Bertz CT molecular complexity index is 478. The van der Waals surface area contributed by atoms with E-state index in [-0.39, 0.29) is 17.9 Å². The summed E-state index contributed by atoms with van der Waals surface area (Å²) in [5.74, 6) is -0.477. The van der Waals surface area contributed by atoms with Crippen molar-refractivity contribution in [3.8, 4) is 0 Å². The van der Waals surface area contributed by atoms with Crippen molar-refractivity contribution < 1.29 is 28.2 Å². The summed E-state index contributed by atoms with van der Waals surface area (Å²) in [6.07, 6.45) is -5.77. The Kier molecular flexibility index (Phi) is 5.34. The molecule has 4 N–H and O–H groups in total. The summed E-state index contributed by atoms with van der Waals surface area (Å²) in [4.78, 5) is 10.8. The molecular formula is C12H15F3N2O3. The molecular weight excluding hydrogens is 277 g/mol. The molecule has 5 nitrogen and oxygen atoms in total. The Morgan fingerprint density at radius 1 is 1.40 bits per heavy atom. The highest BCUT2D eigenvalue weighted by Gasteiger charge is 2.34. The number of carbonyl (C=O) groups excluding carboxylic acids is 1. The summed E-state index contributed by atoms with van der Waals surface area (Å²) >= 11 is 0. The van der Waals surface area contributed by atoms with Gasteiger partial charge in [0.2, 0.25) is 5.91 Å². The molecule has 1 unspecified atom stereocenters. The molecule has 1 aromatic rings. The number of rotatable bonds is 5. The van der Waals surface area contributed by atoms with Crippen molar-refractivity contribution >= 4 is 17.3 Å². The van der Waals surface area contributed by atoms with E-state index in [1.54, 1.807) is 0 Å². The van der Waals surface area contributed by atoms with Crippen molar-refractivity contribution in [1.29, 1.82) is 0 Å². The number of halogens is 3. The van der Waals surface area contributed by atoms with Crippen LogP contribution in [-0.4, -0.2) is 35.4 Å². The van der Waals surface area contributed by atoms with Crippen LogP contribution >= 0.6 is 0 Å². The van der Waals surface area contributed by atoms with E-state index in [9.17, 15) is 18.0 Å². The number of nitrogens with one attached hydrogen (secondary N) is 2. The predicted octanol–water partition coefficient (Wildman–Crippen LogP) is 1.43. The van der Waals surface area contributed by atoms with E-state index in [4.69, 9.17) is 10.2 Å². The van der Waals surface area contributed by atoms with Crippen LogP contribution in [0, 0.1) is 0 Å². The van der Waals surface area contributed by atoms with Gasteiger partial charge in [-0.2, -0.15) is 13.2 Å². The minimum Gasteiger partial charge on any atom is -0.394 e. The van der Waals surface area contributed by atoms with Crippen LogP contribution in [0.4, 0.5) is 24.5 Å². The molecule has 0 saturated carbocycles. The number of benzene rings is 1. The summed E-state index contributed by atoms with van der Waals surface area (Å²) in [6, 6.07) is 3.26. The fourth-order valence-corrected chi connectivity index (χ4v) is 1.51. The lowest BCUT2D eigenvalue weighted by atomic mass is 10.1. The standard InChI is InChI=1S/C12H15F3N2O3/c1-7(19)17-8-2-3-11(16-5-9(20)6-18)10(4-8)12(13,14)15/h2-4,9,16,18,20H,5-6H2,1H3,(H,17,19). The zero-order chi connectivity index (χ0) is 15.3. The number of anilines is 2. The second-order valence-corrected chi connectivity index (χ2v) is 4.16. The van der Waals surface area contributed by atoms with Gasteiger partial charge in [0, 0.05) is 24.8 Å². The van der Waals surface area contributed by atoms with Crippen molar-refractivity contribution in [3.63, 3.8) is 0 Å². The van der Waals surface area contributed by atoms with Crippen molar-refractivity contribution in [3.05, 3.63) is 23.8 Å². The monoisotopic (exact) mass is 292 g/mol. The lowest BCUT2D eigenvalue weighted by molar-refractivity contribution is -0.137. The SMILES string of the molecule is CC(=O)Nc1ccc(NCC(O)CO)c(C(F)(F)F)c1. The van der Waals surface area contributed by atoms with E-state index in [0.29, 0.717) is 0 Å². The van der Waals surface area contributed by atoms with Crippen molar-refractivity contribution in [2.75, 3.05) is 23.8 Å². The molecule has 0 aromatic heterocycles. The molecule has 112 valence electrons. The van der Waals surface area contributed by atoms with Gasteiger partial charge in [-0.3, -0.25) is 4.79 Å². The van der Waals surface area contributed by atoms with E-state index in [1.165, 1.54) is 13.0 Å². The average molecular weight is 292 g/mol. The number of alkyl halides is 3. The predicted molar refractivity (Wildman–Crippen MR) is 67.3 cm³/mol. The number of hydrogen-bond acceptors (Lipinski definition) is 4. The lowest BCUT2D eigenvalue weighted by Crippen LogP contribution is -2.24. The molecule has 0 aliphatic carbocycles. The number of amides is 1. The van der Waals surface area contributed by atoms with Gasteiger partial charge in [0.05, 0.1) is 18.3 Å². The van der Waals surface area contributed by atoms with Crippen LogP contribution in [0.1, 0.15) is 12.5 Å². The van der Waals surface area contributed by atoms with Crippen molar-refractivity contribution in [2.45, 2.75) is 19.2 Å². The van der Waals surface area contributed by atoms with Crippen molar-refractivity contribution in [2.24, 2.45) is 0 Å². The third kappa shape index (κ3) is 4.71. The minimum atomic E-state index is -4.61. The molecule has 20 heavy (non-hydrogen) atoms. The second kappa shape index (κ2) is 6.58. The highest BCUT2D eigenvalue weighted by molar-refractivity contribution is 5.89. The van der Waals surface area contributed by atoms with Gasteiger partial charge in [-0.25, -0.2) is 0 Å². The first kappa shape index (κ1) is 16.3. The zero-order valence-electron chi connectivity index (χ0n) is 10.7. The molecule has 8 heteroatoms. The summed E-state index contributed by atoms with van der Waals surface area (Å²) < 4.78 is 38.7. The van der Waals surface area contributed by atoms with Crippen LogP contribution in [-0.2, 0) is 11.0 Å². The van der Waals surface area contributed by atoms with Gasteiger partial charge in [-0.15, -0.1) is 0 Å². The van der Waals surface area contributed by atoms with Crippen LogP contribution < -0.4 is 10.6 Å². The number of hydrogen-bond donors (Lipinski definition) is 4. The zero-order valence-corrected chi connectivity index (χ0v) is 10.7. The molecule has 1 aromatic carbocycles. The van der Waals surface area contributed by atoms with E-state index in [1.807, 2.05) is 0 Å². The first-order chi connectivity index (χ1) is 9.24. The summed E-state index contributed by atoms with van der Waals surface area (Å²) in [5, 5.41) is 22.4. The van der Waals surface area contributed by atoms with Crippen LogP contribution in [0.2, 0.25) is 0 Å². The molecule has 0 bridgehead atoms. The fourth-order valence-electron chi connectivity index (χ4n) is 1.51. The van der Waals surface area contributed by atoms with Crippen LogP contribution in [0.5, 0.6) is 0 Å². The largest absolute Gasteiger partial charge is 0.418 e. The number of aliphatic hydroxyl groups is 2. The first-order valence-electron chi connectivity index (χ1n) is 5.75. The van der Waals surface area contributed by atoms with Gasteiger partial charge in [0.1, 0.15) is 0 Å². The van der Waals surface area contributed by atoms with E-state index in [2.05, 4.69) is 10.6 Å². The number of aliphatic hydroxyl groups excluding tert-OH is 2. The van der Waals surface area contributed by atoms with E-state index >= 15 is 0 Å².